The van der Waals surface area contributed by atoms with Crippen LogP contribution >= 0.6 is 0 Å². The molecule has 0 aromatic carbocycles. The second-order valence-electron chi connectivity index (χ2n) is 2.43. The number of aliphatic hydroxyl groups is 2. The molecule has 0 fully saturated rings. The van der Waals surface area contributed by atoms with Crippen LogP contribution in [0.1, 0.15) is 11.8 Å². The molecule has 1 unspecified atom stereocenters. The summed E-state index contributed by atoms with van der Waals surface area (Å²) in [4.78, 5) is 13.9. The van der Waals surface area contributed by atoms with Gasteiger partial charge < -0.3 is 15.5 Å². The van der Waals surface area contributed by atoms with Gasteiger partial charge in [-0.1, -0.05) is 0 Å². The smallest absolute Gasteiger partial charge is 0.211 e. The quantitative estimate of drug-likeness (QED) is 0.557. The predicted octanol–water partition coefficient (Wildman–Crippen LogP) is -0.324. The van der Waals surface area contributed by atoms with Gasteiger partial charge in [-0.15, -0.1) is 0 Å². The molecule has 1 rings (SSSR count). The van der Waals surface area contributed by atoms with E-state index in [2.05, 4.69) is 10.3 Å². The normalized spacial score (nSPS) is 12.2. The van der Waals surface area contributed by atoms with E-state index in [0.29, 0.717) is 17.8 Å². The number of hydrogen-bond acceptors (Lipinski definition) is 4. The highest BCUT2D eigenvalue weighted by Crippen LogP contribution is 2.11. The molecular weight excluding hydrogens is 172 g/mol. The number of rotatable bonds is 4. The standard InChI is InChI=1S/C8H10N2O3/c11-4-8(13)7-2-1-6(3-9-7)10-5-12/h1-3,5,8,11,13H,4H2,(H,10,12). The summed E-state index contributed by atoms with van der Waals surface area (Å²) in [5.74, 6) is 0. The first-order chi connectivity index (χ1) is 6.27. The van der Waals surface area contributed by atoms with Crippen molar-refractivity contribution < 1.29 is 15.0 Å². The Hall–Kier alpha value is -1.46. The first-order valence-corrected chi connectivity index (χ1v) is 3.73. The first-order valence-electron chi connectivity index (χ1n) is 3.73. The van der Waals surface area contributed by atoms with Gasteiger partial charge in [0.1, 0.15) is 6.10 Å². The average molecular weight is 182 g/mol. The van der Waals surface area contributed by atoms with Gasteiger partial charge in [-0.3, -0.25) is 9.78 Å². The van der Waals surface area contributed by atoms with Crippen LogP contribution in [-0.2, 0) is 4.79 Å². The molecule has 0 saturated heterocycles. The van der Waals surface area contributed by atoms with Crippen LogP contribution in [0.2, 0.25) is 0 Å². The molecule has 5 heteroatoms. The average Bonchev–Trinajstić information content (AvgIpc) is 2.18. The van der Waals surface area contributed by atoms with E-state index < -0.39 is 6.10 Å². The topological polar surface area (TPSA) is 82.5 Å². The summed E-state index contributed by atoms with van der Waals surface area (Å²) in [6.07, 6.45) is 0.979. The number of pyridine rings is 1. The zero-order valence-electron chi connectivity index (χ0n) is 6.84. The molecule has 3 N–H and O–H groups in total. The lowest BCUT2D eigenvalue weighted by Crippen LogP contribution is -2.05. The maximum absolute atomic E-state index is 10.0. The molecule has 1 aromatic heterocycles. The SMILES string of the molecule is O=CNc1ccc(C(O)CO)nc1. The Bertz CT molecular complexity index is 273. The monoisotopic (exact) mass is 182 g/mol. The van der Waals surface area contributed by atoms with Gasteiger partial charge in [0.05, 0.1) is 24.2 Å². The molecule has 1 amide bonds. The maximum atomic E-state index is 10.0. The molecule has 1 aromatic rings. The van der Waals surface area contributed by atoms with Crippen molar-refractivity contribution >= 4 is 12.1 Å². The Labute approximate surface area is 75.0 Å². The number of aliphatic hydroxyl groups excluding tert-OH is 2. The van der Waals surface area contributed by atoms with Crippen LogP contribution in [0.5, 0.6) is 0 Å². The predicted molar refractivity (Wildman–Crippen MR) is 46.0 cm³/mol. The van der Waals surface area contributed by atoms with Crippen molar-refractivity contribution in [2.45, 2.75) is 6.10 Å². The van der Waals surface area contributed by atoms with Gasteiger partial charge in [-0.25, -0.2) is 0 Å². The summed E-state index contributed by atoms with van der Waals surface area (Å²) in [5, 5.41) is 20.2. The van der Waals surface area contributed by atoms with Crippen LogP contribution in [0.3, 0.4) is 0 Å². The Balaban J connectivity index is 2.74. The molecular formula is C8H10N2O3. The van der Waals surface area contributed by atoms with E-state index in [0.717, 1.165) is 0 Å². The van der Waals surface area contributed by atoms with E-state index in [1.807, 2.05) is 0 Å². The van der Waals surface area contributed by atoms with Crippen molar-refractivity contribution in [2.75, 3.05) is 11.9 Å². The third-order valence-corrected chi connectivity index (χ3v) is 1.53. The number of nitrogens with zero attached hydrogens (tertiary/aromatic N) is 1. The van der Waals surface area contributed by atoms with Crippen molar-refractivity contribution in [3.05, 3.63) is 24.0 Å². The van der Waals surface area contributed by atoms with Gasteiger partial charge in [0.25, 0.3) is 0 Å². The van der Waals surface area contributed by atoms with Crippen LogP contribution in [0.25, 0.3) is 0 Å². The van der Waals surface area contributed by atoms with E-state index in [1.165, 1.54) is 12.3 Å². The summed E-state index contributed by atoms with van der Waals surface area (Å²) in [6.45, 7) is -0.368. The molecule has 70 valence electrons. The lowest BCUT2D eigenvalue weighted by atomic mass is 10.2. The first kappa shape index (κ1) is 9.63. The van der Waals surface area contributed by atoms with Crippen molar-refractivity contribution in [2.24, 2.45) is 0 Å². The summed E-state index contributed by atoms with van der Waals surface area (Å²) in [6, 6.07) is 3.13. The van der Waals surface area contributed by atoms with Crippen LogP contribution in [0, 0.1) is 0 Å². The Morgan fingerprint density at radius 3 is 2.85 bits per heavy atom. The number of anilines is 1. The highest BCUT2D eigenvalue weighted by Gasteiger charge is 2.06. The van der Waals surface area contributed by atoms with Crippen LogP contribution < -0.4 is 5.32 Å². The van der Waals surface area contributed by atoms with E-state index in [9.17, 15) is 4.79 Å². The third-order valence-electron chi connectivity index (χ3n) is 1.53. The second-order valence-corrected chi connectivity index (χ2v) is 2.43. The molecule has 1 heterocycles. The van der Waals surface area contributed by atoms with E-state index >= 15 is 0 Å². The molecule has 1 atom stereocenters. The van der Waals surface area contributed by atoms with Crippen molar-refractivity contribution in [1.82, 2.24) is 4.98 Å². The number of amides is 1. The van der Waals surface area contributed by atoms with E-state index in [1.54, 1.807) is 6.07 Å². The summed E-state index contributed by atoms with van der Waals surface area (Å²) >= 11 is 0. The van der Waals surface area contributed by atoms with Crippen LogP contribution in [-0.4, -0.2) is 28.2 Å². The number of carbonyl (C=O) groups excluding carboxylic acids is 1. The summed E-state index contributed by atoms with van der Waals surface area (Å²) < 4.78 is 0. The molecule has 0 bridgehead atoms. The molecule has 13 heavy (non-hydrogen) atoms. The van der Waals surface area contributed by atoms with Crippen molar-refractivity contribution in [3.8, 4) is 0 Å². The fourth-order valence-electron chi connectivity index (χ4n) is 0.849. The lowest BCUT2D eigenvalue weighted by Gasteiger charge is -2.06. The highest BCUT2D eigenvalue weighted by molar-refractivity contribution is 5.70. The second kappa shape index (κ2) is 4.54. The number of carbonyl (C=O) groups is 1. The minimum Gasteiger partial charge on any atom is -0.393 e. The minimum atomic E-state index is -0.967. The minimum absolute atomic E-state index is 0.368. The molecule has 0 radical (unpaired) electrons. The van der Waals surface area contributed by atoms with Crippen molar-refractivity contribution in [1.29, 1.82) is 0 Å². The Kier molecular flexibility index (Phi) is 3.36. The Morgan fingerprint density at radius 1 is 1.62 bits per heavy atom. The lowest BCUT2D eigenvalue weighted by molar-refractivity contribution is -0.105. The number of nitrogens with one attached hydrogen (secondary N) is 1. The van der Waals surface area contributed by atoms with Gasteiger partial charge in [0, 0.05) is 0 Å². The van der Waals surface area contributed by atoms with E-state index in [-0.39, 0.29) is 6.61 Å². The summed E-state index contributed by atoms with van der Waals surface area (Å²) in [5.41, 5.74) is 0.919. The van der Waals surface area contributed by atoms with Gasteiger partial charge in [-0.2, -0.15) is 0 Å². The molecule has 5 nitrogen and oxygen atoms in total. The fourth-order valence-corrected chi connectivity index (χ4v) is 0.849. The van der Waals surface area contributed by atoms with Gasteiger partial charge in [-0.05, 0) is 12.1 Å². The molecule has 0 aliphatic rings. The maximum Gasteiger partial charge on any atom is 0.211 e. The molecule has 0 saturated carbocycles. The summed E-state index contributed by atoms with van der Waals surface area (Å²) in [7, 11) is 0. The molecule has 0 aliphatic carbocycles. The van der Waals surface area contributed by atoms with Gasteiger partial charge in [0.2, 0.25) is 6.41 Å². The molecule has 0 spiro atoms. The number of hydrogen-bond donors (Lipinski definition) is 3. The zero-order chi connectivity index (χ0) is 9.68. The number of aromatic nitrogens is 1. The van der Waals surface area contributed by atoms with E-state index in [4.69, 9.17) is 10.2 Å². The van der Waals surface area contributed by atoms with Crippen molar-refractivity contribution in [3.63, 3.8) is 0 Å². The zero-order valence-corrected chi connectivity index (χ0v) is 6.84. The highest BCUT2D eigenvalue weighted by atomic mass is 16.3. The van der Waals surface area contributed by atoms with Gasteiger partial charge >= 0.3 is 0 Å². The molecule has 0 aliphatic heterocycles. The third kappa shape index (κ3) is 2.50. The largest absolute Gasteiger partial charge is 0.393 e. The van der Waals surface area contributed by atoms with Crippen LogP contribution in [0.4, 0.5) is 5.69 Å². The Morgan fingerprint density at radius 2 is 2.38 bits per heavy atom. The van der Waals surface area contributed by atoms with Crippen LogP contribution in [0.15, 0.2) is 18.3 Å². The fraction of sp³-hybridized carbons (Fsp3) is 0.250. The van der Waals surface area contributed by atoms with Gasteiger partial charge in [0.15, 0.2) is 0 Å².